The van der Waals surface area contributed by atoms with Crippen LogP contribution in [0.15, 0.2) is 0 Å². The second kappa shape index (κ2) is 12.3. The van der Waals surface area contributed by atoms with Crippen molar-refractivity contribution in [3.63, 3.8) is 0 Å². The molecule has 0 atom stereocenters. The number of hydrogen-bond acceptors (Lipinski definition) is 2. The third-order valence-corrected chi connectivity index (χ3v) is 7.42. The molecule has 0 saturated heterocycles. The summed E-state index contributed by atoms with van der Waals surface area (Å²) in [5.74, 6) is 0. The first-order valence-electron chi connectivity index (χ1n) is 6.39. The molecule has 0 unspecified atom stereocenters. The first-order valence-corrected chi connectivity index (χ1v) is 13.4. The Balaban J connectivity index is -0.0000000416. The monoisotopic (exact) mass is 278 g/mol. The molecule has 0 rings (SSSR count). The van der Waals surface area contributed by atoms with E-state index >= 15 is 0 Å². The fourth-order valence-corrected chi connectivity index (χ4v) is 10.8. The van der Waals surface area contributed by atoms with Crippen LogP contribution in [-0.4, -0.2) is 28.6 Å². The summed E-state index contributed by atoms with van der Waals surface area (Å²) in [6, 6.07) is 1.25. The van der Waals surface area contributed by atoms with Gasteiger partial charge >= 0.3 is 37.7 Å². The molecule has 0 aromatic carbocycles. The summed E-state index contributed by atoms with van der Waals surface area (Å²) in [7, 11) is -1.96. The van der Waals surface area contributed by atoms with E-state index in [0.29, 0.717) is 12.1 Å². The average molecular weight is 278 g/mol. The molecule has 0 aliphatic rings. The largest absolute Gasteiger partial charge is 1.00 e. The molecule has 2 nitrogen and oxygen atoms in total. The molecule has 18 heavy (non-hydrogen) atoms. The molecule has 0 fully saturated rings. The van der Waals surface area contributed by atoms with Crippen molar-refractivity contribution in [2.45, 2.75) is 79.1 Å². The quantitative estimate of drug-likeness (QED) is 0.574. The zero-order chi connectivity index (χ0) is 13.6. The van der Waals surface area contributed by atoms with E-state index in [0.717, 1.165) is 0 Å². The molecule has 104 valence electrons. The molecule has 0 spiro atoms. The summed E-state index contributed by atoms with van der Waals surface area (Å²) in [5.41, 5.74) is 0. The van der Waals surface area contributed by atoms with Crippen LogP contribution in [0.25, 0.3) is 0 Å². The van der Waals surface area contributed by atoms with Crippen LogP contribution in [0.2, 0.25) is 39.3 Å². The SMILES string of the molecule is CC(C)NC(C)C.C[Si](C)(C)N[Si](C)(C)C.[H-].[H-].[Li+].[Li+]. The molecule has 0 aromatic heterocycles. The average Bonchev–Trinajstić information content (AvgIpc) is 1.72. The molecule has 6 heteroatoms. The molecule has 2 N–H and O–H groups in total. The molecular weight excluding hydrogens is 242 g/mol. The fraction of sp³-hybridized carbons (Fsp3) is 1.00. The van der Waals surface area contributed by atoms with Crippen molar-refractivity contribution in [1.82, 2.24) is 9.96 Å². The fourth-order valence-electron chi connectivity index (χ4n) is 1.79. The van der Waals surface area contributed by atoms with Crippen LogP contribution in [0, 0.1) is 0 Å². The van der Waals surface area contributed by atoms with E-state index in [9.17, 15) is 0 Å². The van der Waals surface area contributed by atoms with Gasteiger partial charge in [0.2, 0.25) is 0 Å². The Hall–Kier alpha value is 1.55. The van der Waals surface area contributed by atoms with Gasteiger partial charge in [-0.2, -0.15) is 0 Å². The van der Waals surface area contributed by atoms with E-state index < -0.39 is 16.5 Å². The van der Waals surface area contributed by atoms with Gasteiger partial charge in [0.15, 0.2) is 0 Å². The van der Waals surface area contributed by atoms with Gasteiger partial charge in [-0.25, -0.2) is 0 Å². The number of hydrogen-bond donors (Lipinski definition) is 2. The molecule has 0 aliphatic heterocycles. The molecule has 0 aliphatic carbocycles. The van der Waals surface area contributed by atoms with E-state index in [1.807, 2.05) is 0 Å². The van der Waals surface area contributed by atoms with Gasteiger partial charge in [-0.05, 0) is 0 Å². The van der Waals surface area contributed by atoms with Crippen molar-refractivity contribution in [2.75, 3.05) is 0 Å². The maximum Gasteiger partial charge on any atom is 1.00 e. The van der Waals surface area contributed by atoms with Gasteiger partial charge in [0.25, 0.3) is 0 Å². The Labute approximate surface area is 145 Å². The van der Waals surface area contributed by atoms with Gasteiger partial charge in [-0.3, -0.25) is 0 Å². The van der Waals surface area contributed by atoms with Crippen molar-refractivity contribution < 1.29 is 40.6 Å². The Morgan fingerprint density at radius 3 is 0.889 bits per heavy atom. The maximum atomic E-state index is 3.74. The van der Waals surface area contributed by atoms with Gasteiger partial charge < -0.3 is 12.8 Å². The zero-order valence-electron chi connectivity index (χ0n) is 17.2. The van der Waals surface area contributed by atoms with Crippen molar-refractivity contribution in [3.8, 4) is 0 Å². The van der Waals surface area contributed by atoms with E-state index in [-0.39, 0.29) is 40.6 Å². The molecule has 0 aromatic rings. The van der Waals surface area contributed by atoms with Gasteiger partial charge in [-0.1, -0.05) is 67.0 Å². The molecule has 0 amide bonds. The molecule has 0 heterocycles. The van der Waals surface area contributed by atoms with Gasteiger partial charge in [-0.15, -0.1) is 0 Å². The number of nitrogens with one attached hydrogen (secondary N) is 2. The minimum absolute atomic E-state index is 0. The van der Waals surface area contributed by atoms with Crippen molar-refractivity contribution in [1.29, 1.82) is 0 Å². The number of rotatable bonds is 4. The van der Waals surface area contributed by atoms with Crippen LogP contribution < -0.4 is 47.7 Å². The summed E-state index contributed by atoms with van der Waals surface area (Å²) in [4.78, 5) is 0. The summed E-state index contributed by atoms with van der Waals surface area (Å²) in [6.07, 6.45) is 0. The van der Waals surface area contributed by atoms with Crippen LogP contribution >= 0.6 is 0 Å². The zero-order valence-corrected chi connectivity index (χ0v) is 17.2. The van der Waals surface area contributed by atoms with Gasteiger partial charge in [0.05, 0.1) is 0 Å². The normalized spacial score (nSPS) is 11.3. The Morgan fingerprint density at radius 2 is 0.889 bits per heavy atom. The topological polar surface area (TPSA) is 24.1 Å². The molecule has 0 radical (unpaired) electrons. The van der Waals surface area contributed by atoms with Crippen molar-refractivity contribution in [3.05, 3.63) is 0 Å². The predicted octanol–water partition coefficient (Wildman–Crippen LogP) is -2.13. The van der Waals surface area contributed by atoms with E-state index in [2.05, 4.69) is 76.9 Å². The van der Waals surface area contributed by atoms with Crippen LogP contribution in [0.5, 0.6) is 0 Å². The summed E-state index contributed by atoms with van der Waals surface area (Å²) < 4.78 is 3.74. The summed E-state index contributed by atoms with van der Waals surface area (Å²) in [6.45, 7) is 22.7. The third-order valence-electron chi connectivity index (χ3n) is 1.42. The predicted molar refractivity (Wildman–Crippen MR) is 85.5 cm³/mol. The van der Waals surface area contributed by atoms with Crippen LogP contribution in [-0.2, 0) is 0 Å². The van der Waals surface area contributed by atoms with E-state index in [1.165, 1.54) is 0 Å². The van der Waals surface area contributed by atoms with Crippen LogP contribution in [0.4, 0.5) is 0 Å². The van der Waals surface area contributed by atoms with Crippen molar-refractivity contribution >= 4 is 16.5 Å². The van der Waals surface area contributed by atoms with Crippen LogP contribution in [0.1, 0.15) is 30.5 Å². The first-order chi connectivity index (χ1) is 6.83. The van der Waals surface area contributed by atoms with Crippen molar-refractivity contribution in [2.24, 2.45) is 0 Å². The minimum atomic E-state index is -0.981. The maximum absolute atomic E-state index is 3.74. The van der Waals surface area contributed by atoms with E-state index in [1.54, 1.807) is 0 Å². The smallest absolute Gasteiger partial charge is 1.00 e. The van der Waals surface area contributed by atoms with Gasteiger partial charge in [0, 0.05) is 12.1 Å². The molecule has 0 bridgehead atoms. The summed E-state index contributed by atoms with van der Waals surface area (Å²) >= 11 is 0. The standard InChI is InChI=1S/C6H19NSi2.C6H15N.2Li.2H/c1-8(2,3)7-9(4,5)6;1-5(2)7-6(3)4;;;;/h7H,1-6H3;5-7H,1-4H3;;;;/q;;2*+1;2*-1. The second-order valence-electron chi connectivity index (χ2n) is 7.10. The molecular formula is C12H36Li2N2Si2. The Morgan fingerprint density at radius 1 is 0.667 bits per heavy atom. The summed E-state index contributed by atoms with van der Waals surface area (Å²) in [5, 5.41) is 3.31. The second-order valence-corrected chi connectivity index (χ2v) is 17.1. The Kier molecular flexibility index (Phi) is 19.0. The molecule has 0 saturated carbocycles. The Bertz CT molecular complexity index is 167. The minimum Gasteiger partial charge on any atom is -1.00 e. The van der Waals surface area contributed by atoms with Crippen LogP contribution in [0.3, 0.4) is 0 Å². The first kappa shape index (κ1) is 27.8. The van der Waals surface area contributed by atoms with E-state index in [4.69, 9.17) is 0 Å². The van der Waals surface area contributed by atoms with Gasteiger partial charge in [0.1, 0.15) is 16.5 Å². The third kappa shape index (κ3) is 36.0.